The minimum Gasteiger partial charge on any atom is -0.285 e. The summed E-state index contributed by atoms with van der Waals surface area (Å²) in [4.78, 5) is 26.9. The smallest absolute Gasteiger partial charge is 0.234 e. The molecule has 0 aliphatic heterocycles. The second kappa shape index (κ2) is 4.51. The largest absolute Gasteiger partial charge is 0.285 e. The maximum atomic E-state index is 11.9. The van der Waals surface area contributed by atoms with E-state index in [9.17, 15) is 4.79 Å². The van der Waals surface area contributed by atoms with Gasteiger partial charge in [-0.15, -0.1) is 0 Å². The third kappa shape index (κ3) is 2.15. The molecule has 0 aromatic carbocycles. The van der Waals surface area contributed by atoms with Gasteiger partial charge in [0.25, 0.3) is 0 Å². The lowest BCUT2D eigenvalue weighted by molar-refractivity contribution is 0.102. The average molecular weight is 255 g/mol. The van der Waals surface area contributed by atoms with E-state index in [0.29, 0.717) is 0 Å². The van der Waals surface area contributed by atoms with Gasteiger partial charge in [0, 0.05) is 12.4 Å². The van der Waals surface area contributed by atoms with Gasteiger partial charge in [0.2, 0.25) is 11.6 Å². The number of hydrogen-bond donors (Lipinski definition) is 0. The van der Waals surface area contributed by atoms with Gasteiger partial charge >= 0.3 is 0 Å². The summed E-state index contributed by atoms with van der Waals surface area (Å²) in [7, 11) is 0. The van der Waals surface area contributed by atoms with Crippen LogP contribution in [0.5, 0.6) is 0 Å². The molecule has 80 valence electrons. The summed E-state index contributed by atoms with van der Waals surface area (Å²) in [5.41, 5.74) is 0.145. The first-order valence-electron chi connectivity index (χ1n) is 4.17. The fraction of sp³-hybridized carbons (Fsp3) is 0. The average Bonchev–Trinajstić information content (AvgIpc) is 2.29. The Morgan fingerprint density at radius 3 is 2.75 bits per heavy atom. The second-order valence-electron chi connectivity index (χ2n) is 2.76. The first-order chi connectivity index (χ1) is 7.68. The fourth-order valence-corrected chi connectivity index (χ4v) is 1.35. The molecular formula is C9H4Cl2N4O. The van der Waals surface area contributed by atoms with E-state index >= 15 is 0 Å². The third-order valence-corrected chi connectivity index (χ3v) is 2.24. The van der Waals surface area contributed by atoms with Crippen molar-refractivity contribution in [1.29, 1.82) is 0 Å². The van der Waals surface area contributed by atoms with Gasteiger partial charge in [0.05, 0.1) is 5.56 Å². The van der Waals surface area contributed by atoms with E-state index in [2.05, 4.69) is 19.9 Å². The van der Waals surface area contributed by atoms with Crippen molar-refractivity contribution in [3.05, 3.63) is 46.5 Å². The lowest BCUT2D eigenvalue weighted by Crippen LogP contribution is -2.08. The number of hydrogen-bond acceptors (Lipinski definition) is 5. The maximum absolute atomic E-state index is 11.9. The zero-order chi connectivity index (χ0) is 11.5. The van der Waals surface area contributed by atoms with Crippen molar-refractivity contribution in [3.8, 4) is 0 Å². The Bertz CT molecular complexity index is 547. The van der Waals surface area contributed by atoms with E-state index in [0.717, 1.165) is 0 Å². The Morgan fingerprint density at radius 1 is 1.25 bits per heavy atom. The molecule has 0 atom stereocenters. The minimum absolute atomic E-state index is 0.0378. The number of carbonyl (C=O) groups excluding carboxylic acids is 1. The van der Waals surface area contributed by atoms with Crippen LogP contribution in [0.15, 0.2) is 24.8 Å². The summed E-state index contributed by atoms with van der Waals surface area (Å²) in [6, 6.07) is 1.47. The Morgan fingerprint density at radius 2 is 2.06 bits per heavy atom. The summed E-state index contributed by atoms with van der Waals surface area (Å²) in [5, 5.41) is 0.245. The highest BCUT2D eigenvalue weighted by Gasteiger charge is 2.16. The Kier molecular flexibility index (Phi) is 3.07. The second-order valence-corrected chi connectivity index (χ2v) is 3.50. The number of halogens is 2. The predicted octanol–water partition coefficient (Wildman–Crippen LogP) is 1.80. The van der Waals surface area contributed by atoms with Crippen LogP contribution in [-0.2, 0) is 0 Å². The van der Waals surface area contributed by atoms with Gasteiger partial charge in [0.1, 0.15) is 16.6 Å². The molecule has 5 nitrogen and oxygen atoms in total. The molecule has 2 aromatic rings. The molecule has 0 radical (unpaired) electrons. The zero-order valence-electron chi connectivity index (χ0n) is 7.76. The topological polar surface area (TPSA) is 68.6 Å². The lowest BCUT2D eigenvalue weighted by atomic mass is 10.2. The van der Waals surface area contributed by atoms with Gasteiger partial charge in [-0.2, -0.15) is 0 Å². The molecule has 0 saturated heterocycles. The van der Waals surface area contributed by atoms with E-state index in [1.165, 1.54) is 24.8 Å². The van der Waals surface area contributed by atoms with Crippen LogP contribution in [-0.4, -0.2) is 25.7 Å². The van der Waals surface area contributed by atoms with Gasteiger partial charge < -0.3 is 0 Å². The zero-order valence-corrected chi connectivity index (χ0v) is 9.27. The predicted molar refractivity (Wildman–Crippen MR) is 57.5 cm³/mol. The number of ketones is 1. The first kappa shape index (κ1) is 10.9. The molecule has 16 heavy (non-hydrogen) atoms. The van der Waals surface area contributed by atoms with Crippen LogP contribution in [0, 0.1) is 0 Å². The van der Waals surface area contributed by atoms with Gasteiger partial charge in [-0.25, -0.2) is 19.9 Å². The van der Waals surface area contributed by atoms with Gasteiger partial charge in [0.15, 0.2) is 0 Å². The summed E-state index contributed by atoms with van der Waals surface area (Å²) < 4.78 is 0. The molecule has 2 heterocycles. The highest BCUT2D eigenvalue weighted by molar-refractivity contribution is 6.33. The number of rotatable bonds is 2. The van der Waals surface area contributed by atoms with Crippen LogP contribution in [0.3, 0.4) is 0 Å². The van der Waals surface area contributed by atoms with Gasteiger partial charge in [-0.1, -0.05) is 23.2 Å². The molecular weight excluding hydrogens is 251 g/mol. The molecule has 0 aliphatic rings. The van der Waals surface area contributed by atoms with Crippen LogP contribution >= 0.6 is 23.2 Å². The standard InChI is InChI=1S/C9H4Cl2N4O/c10-6-1-2-13-9(15-6)7(16)5-3-12-4-14-8(5)11/h1-4H. The highest BCUT2D eigenvalue weighted by Crippen LogP contribution is 2.14. The molecule has 2 rings (SSSR count). The lowest BCUT2D eigenvalue weighted by Gasteiger charge is -2.00. The van der Waals surface area contributed by atoms with E-state index in [1.54, 1.807) is 0 Å². The normalized spacial score (nSPS) is 10.1. The van der Waals surface area contributed by atoms with Crippen LogP contribution in [0.4, 0.5) is 0 Å². The Balaban J connectivity index is 2.44. The first-order valence-corrected chi connectivity index (χ1v) is 4.93. The molecule has 0 N–H and O–H groups in total. The van der Waals surface area contributed by atoms with Gasteiger partial charge in [-0.3, -0.25) is 4.79 Å². The summed E-state index contributed by atoms with van der Waals surface area (Å²) in [5.74, 6) is -0.502. The van der Waals surface area contributed by atoms with E-state index in [4.69, 9.17) is 23.2 Å². The molecule has 0 amide bonds. The molecule has 0 fully saturated rings. The molecule has 0 saturated carbocycles. The van der Waals surface area contributed by atoms with Crippen LogP contribution in [0.2, 0.25) is 10.3 Å². The maximum Gasteiger partial charge on any atom is 0.234 e. The van der Waals surface area contributed by atoms with Crippen molar-refractivity contribution < 1.29 is 4.79 Å². The fourth-order valence-electron chi connectivity index (χ4n) is 1.03. The monoisotopic (exact) mass is 254 g/mol. The quantitative estimate of drug-likeness (QED) is 0.604. The third-order valence-electron chi connectivity index (χ3n) is 1.73. The SMILES string of the molecule is O=C(c1nccc(Cl)n1)c1cncnc1Cl. The molecule has 0 spiro atoms. The Labute approximate surface area is 101 Å². The summed E-state index contributed by atoms with van der Waals surface area (Å²) >= 11 is 11.4. The van der Waals surface area contributed by atoms with Crippen molar-refractivity contribution in [1.82, 2.24) is 19.9 Å². The van der Waals surface area contributed by atoms with Crippen LogP contribution < -0.4 is 0 Å². The van der Waals surface area contributed by atoms with Crippen molar-refractivity contribution in [3.63, 3.8) is 0 Å². The van der Waals surface area contributed by atoms with Gasteiger partial charge in [-0.05, 0) is 6.07 Å². The van der Waals surface area contributed by atoms with E-state index < -0.39 is 5.78 Å². The number of nitrogens with zero attached hydrogens (tertiary/aromatic N) is 4. The number of carbonyl (C=O) groups is 1. The molecule has 0 aliphatic carbocycles. The molecule has 2 aromatic heterocycles. The summed E-state index contributed by atoms with van der Waals surface area (Å²) in [6.07, 6.45) is 3.94. The molecule has 0 unspecified atom stereocenters. The highest BCUT2D eigenvalue weighted by atomic mass is 35.5. The molecule has 7 heteroatoms. The van der Waals surface area contributed by atoms with Crippen LogP contribution in [0.1, 0.15) is 16.2 Å². The minimum atomic E-state index is -0.465. The van der Waals surface area contributed by atoms with Crippen molar-refractivity contribution in [2.24, 2.45) is 0 Å². The van der Waals surface area contributed by atoms with Crippen molar-refractivity contribution >= 4 is 29.0 Å². The number of aromatic nitrogens is 4. The van der Waals surface area contributed by atoms with Crippen LogP contribution in [0.25, 0.3) is 0 Å². The van der Waals surface area contributed by atoms with Crippen molar-refractivity contribution in [2.75, 3.05) is 0 Å². The van der Waals surface area contributed by atoms with E-state index in [-0.39, 0.29) is 21.7 Å². The Hall–Kier alpha value is -1.59. The van der Waals surface area contributed by atoms with Crippen molar-refractivity contribution in [2.45, 2.75) is 0 Å². The molecule has 0 bridgehead atoms. The summed E-state index contributed by atoms with van der Waals surface area (Å²) in [6.45, 7) is 0. The van der Waals surface area contributed by atoms with E-state index in [1.807, 2.05) is 0 Å².